The molecule has 0 saturated heterocycles. The van der Waals surface area contributed by atoms with E-state index in [2.05, 4.69) is 41.7 Å². The van der Waals surface area contributed by atoms with Gasteiger partial charge in [-0.05, 0) is 12.3 Å². The minimum absolute atomic E-state index is 0.0986. The predicted octanol–water partition coefficient (Wildman–Crippen LogP) is 3.65. The van der Waals surface area contributed by atoms with Gasteiger partial charge < -0.3 is 0 Å². The van der Waals surface area contributed by atoms with Crippen molar-refractivity contribution >= 4 is 21.6 Å². The molecule has 0 aliphatic rings. The second-order valence-corrected chi connectivity index (χ2v) is 6.36. The van der Waals surface area contributed by atoms with E-state index in [0.29, 0.717) is 12.0 Å². The van der Waals surface area contributed by atoms with E-state index in [4.69, 9.17) is 0 Å². The summed E-state index contributed by atoms with van der Waals surface area (Å²) in [6, 6.07) is 1.56. The number of rotatable bonds is 3. The highest BCUT2D eigenvalue weighted by atomic mass is 79.9. The van der Waals surface area contributed by atoms with E-state index in [1.165, 1.54) is 0 Å². The minimum atomic E-state index is -0.360. The summed E-state index contributed by atoms with van der Waals surface area (Å²) in [6.07, 6.45) is 2.25. The second kappa shape index (κ2) is 5.12. The van der Waals surface area contributed by atoms with Crippen LogP contribution in [0.4, 0.5) is 5.69 Å². The van der Waals surface area contributed by atoms with Gasteiger partial charge in [-0.1, -0.05) is 36.7 Å². The Morgan fingerprint density at radius 2 is 2.12 bits per heavy atom. The normalized spacial score (nSPS) is 13.5. The molecule has 1 aromatic rings. The number of alkyl halides is 1. The fraction of sp³-hybridized carbons (Fsp3) is 0.583. The average Bonchev–Trinajstić information content (AvgIpc) is 2.19. The smallest absolute Gasteiger partial charge is 0.260 e. The molecule has 0 radical (unpaired) electrons. The number of pyridine rings is 1. The van der Waals surface area contributed by atoms with Crippen molar-refractivity contribution in [1.82, 2.24) is 4.98 Å². The van der Waals surface area contributed by atoms with Crippen LogP contribution in [-0.4, -0.2) is 14.7 Å². The topological polar surface area (TPSA) is 56.0 Å². The predicted molar refractivity (Wildman–Crippen MR) is 71.5 cm³/mol. The Morgan fingerprint density at radius 1 is 1.53 bits per heavy atom. The van der Waals surface area contributed by atoms with Crippen LogP contribution in [-0.2, 0) is 6.42 Å². The van der Waals surface area contributed by atoms with Crippen LogP contribution in [0.3, 0.4) is 0 Å². The number of aryl methyl sites for hydroxylation is 1. The first-order chi connectivity index (χ1) is 7.71. The second-order valence-electron chi connectivity index (χ2n) is 5.26. The number of aromatic nitrogens is 1. The number of hydrogen-bond donors (Lipinski definition) is 0. The van der Waals surface area contributed by atoms with Crippen LogP contribution < -0.4 is 0 Å². The van der Waals surface area contributed by atoms with Crippen LogP contribution in [0.1, 0.15) is 32.0 Å². The fourth-order valence-corrected chi connectivity index (χ4v) is 1.68. The van der Waals surface area contributed by atoms with Crippen LogP contribution in [0.2, 0.25) is 0 Å². The van der Waals surface area contributed by atoms with Gasteiger partial charge in [0.1, 0.15) is 0 Å². The highest BCUT2D eigenvalue weighted by Crippen LogP contribution is 2.29. The Morgan fingerprint density at radius 3 is 2.59 bits per heavy atom. The number of halogens is 1. The van der Waals surface area contributed by atoms with Gasteiger partial charge in [-0.25, -0.2) is 0 Å². The molecule has 0 aromatic carbocycles. The molecule has 0 fully saturated rings. The summed E-state index contributed by atoms with van der Waals surface area (Å²) in [4.78, 5) is 14.9. The zero-order chi connectivity index (χ0) is 13.2. The quantitative estimate of drug-likeness (QED) is 0.486. The lowest BCUT2D eigenvalue weighted by Gasteiger charge is -2.25. The van der Waals surface area contributed by atoms with Crippen molar-refractivity contribution in [3.8, 4) is 0 Å². The third kappa shape index (κ3) is 3.77. The largest absolute Gasteiger partial charge is 0.275 e. The van der Waals surface area contributed by atoms with Crippen LogP contribution in [0.5, 0.6) is 0 Å². The molecule has 5 heteroatoms. The summed E-state index contributed by atoms with van der Waals surface area (Å²) in [5.41, 5.74) is 1.59. The van der Waals surface area contributed by atoms with Gasteiger partial charge in [0, 0.05) is 34.8 Å². The summed E-state index contributed by atoms with van der Waals surface area (Å²) >= 11 is 3.61. The van der Waals surface area contributed by atoms with E-state index >= 15 is 0 Å². The molecule has 0 N–H and O–H groups in total. The van der Waals surface area contributed by atoms with E-state index in [1.807, 2.05) is 0 Å². The Kier molecular flexibility index (Phi) is 4.25. The molecule has 0 amide bonds. The van der Waals surface area contributed by atoms with Gasteiger partial charge in [0.25, 0.3) is 5.69 Å². The van der Waals surface area contributed by atoms with Gasteiger partial charge in [-0.3, -0.25) is 15.1 Å². The first kappa shape index (κ1) is 14.1. The third-order valence-corrected chi connectivity index (χ3v) is 4.35. The van der Waals surface area contributed by atoms with Crippen molar-refractivity contribution in [1.29, 1.82) is 0 Å². The highest BCUT2D eigenvalue weighted by Gasteiger charge is 2.23. The first-order valence-corrected chi connectivity index (χ1v) is 6.37. The molecule has 0 saturated carbocycles. The molecular formula is C12H17BrN2O2. The van der Waals surface area contributed by atoms with Gasteiger partial charge in [-0.15, -0.1) is 0 Å². The van der Waals surface area contributed by atoms with Crippen LogP contribution in [0.15, 0.2) is 12.3 Å². The molecule has 1 atom stereocenters. The molecule has 4 nitrogen and oxygen atoms in total. The fourth-order valence-electron chi connectivity index (χ4n) is 1.35. The number of nitrogens with zero attached hydrogens (tertiary/aromatic N) is 2. The summed E-state index contributed by atoms with van der Waals surface area (Å²) < 4.78 is 0. The number of hydrogen-bond acceptors (Lipinski definition) is 3. The molecule has 0 spiro atoms. The lowest BCUT2D eigenvalue weighted by molar-refractivity contribution is -0.385. The van der Waals surface area contributed by atoms with Gasteiger partial charge in [0.2, 0.25) is 0 Å². The van der Waals surface area contributed by atoms with Crippen molar-refractivity contribution in [3.05, 3.63) is 33.6 Å². The first-order valence-electron chi connectivity index (χ1n) is 5.46. The lowest BCUT2D eigenvalue weighted by Crippen LogP contribution is -2.22. The molecule has 0 aliphatic heterocycles. The molecule has 1 aromatic heterocycles. The zero-order valence-electron chi connectivity index (χ0n) is 10.5. The molecular weight excluding hydrogens is 284 g/mol. The highest BCUT2D eigenvalue weighted by molar-refractivity contribution is 9.09. The SMILES string of the molecule is Cc1cnc(CC(Br)C(C)(C)C)cc1[N+](=O)[O-]. The monoisotopic (exact) mass is 300 g/mol. The number of nitro groups is 1. The Bertz CT molecular complexity index is 427. The maximum absolute atomic E-state index is 10.8. The zero-order valence-corrected chi connectivity index (χ0v) is 12.1. The standard InChI is InChI=1S/C12H17BrN2O2/c1-8-7-14-9(5-10(8)15(16)17)6-11(13)12(2,3)4/h5,7,11H,6H2,1-4H3. The summed E-state index contributed by atoms with van der Waals surface area (Å²) in [7, 11) is 0. The maximum Gasteiger partial charge on any atom is 0.275 e. The van der Waals surface area contributed by atoms with E-state index in [1.54, 1.807) is 19.2 Å². The Hall–Kier alpha value is -0.970. The average molecular weight is 301 g/mol. The van der Waals surface area contributed by atoms with Gasteiger partial charge in [-0.2, -0.15) is 0 Å². The van der Waals surface area contributed by atoms with Gasteiger partial charge >= 0.3 is 0 Å². The summed E-state index contributed by atoms with van der Waals surface area (Å²) in [5.74, 6) is 0. The van der Waals surface area contributed by atoms with Gasteiger partial charge in [0.15, 0.2) is 0 Å². The van der Waals surface area contributed by atoms with Crippen molar-refractivity contribution < 1.29 is 4.92 Å². The summed E-state index contributed by atoms with van der Waals surface area (Å²) in [6.45, 7) is 8.06. The molecule has 1 rings (SSSR count). The van der Waals surface area contributed by atoms with Crippen LogP contribution >= 0.6 is 15.9 Å². The van der Waals surface area contributed by atoms with E-state index in [0.717, 1.165) is 5.69 Å². The Labute approximate surface area is 110 Å². The maximum atomic E-state index is 10.8. The van der Waals surface area contributed by atoms with Crippen molar-refractivity contribution in [2.45, 2.75) is 38.9 Å². The Balaban J connectivity index is 2.94. The van der Waals surface area contributed by atoms with E-state index < -0.39 is 0 Å². The van der Waals surface area contributed by atoms with E-state index in [-0.39, 0.29) is 20.9 Å². The molecule has 17 heavy (non-hydrogen) atoms. The molecule has 94 valence electrons. The minimum Gasteiger partial charge on any atom is -0.260 e. The van der Waals surface area contributed by atoms with Gasteiger partial charge in [0.05, 0.1) is 4.92 Å². The summed E-state index contributed by atoms with van der Waals surface area (Å²) in [5, 5.41) is 10.8. The molecule has 0 bridgehead atoms. The van der Waals surface area contributed by atoms with Crippen molar-refractivity contribution in [2.75, 3.05) is 0 Å². The lowest BCUT2D eigenvalue weighted by atomic mass is 9.89. The molecule has 1 unspecified atom stereocenters. The van der Waals surface area contributed by atoms with Crippen LogP contribution in [0, 0.1) is 22.5 Å². The van der Waals surface area contributed by atoms with Crippen molar-refractivity contribution in [2.24, 2.45) is 5.41 Å². The third-order valence-electron chi connectivity index (χ3n) is 2.66. The van der Waals surface area contributed by atoms with Crippen molar-refractivity contribution in [3.63, 3.8) is 0 Å². The van der Waals surface area contributed by atoms with E-state index in [9.17, 15) is 10.1 Å². The molecule has 0 aliphatic carbocycles. The van der Waals surface area contributed by atoms with Crippen LogP contribution in [0.25, 0.3) is 0 Å². The molecule has 1 heterocycles.